The molecule has 1 unspecified atom stereocenters. The molecule has 2 aliphatic rings. The van der Waals surface area contributed by atoms with Gasteiger partial charge in [-0.25, -0.2) is 9.59 Å². The summed E-state index contributed by atoms with van der Waals surface area (Å²) in [6.45, 7) is 1.86. The number of carbonyl (C=O) groups is 2. The van der Waals surface area contributed by atoms with Crippen molar-refractivity contribution in [1.29, 1.82) is 0 Å². The molecule has 1 aliphatic heterocycles. The molecule has 0 aromatic carbocycles. The highest BCUT2D eigenvalue weighted by Gasteiger charge is 2.45. The monoisotopic (exact) mass is 258 g/mol. The van der Waals surface area contributed by atoms with Gasteiger partial charge < -0.3 is 25.2 Å². The Balaban J connectivity index is 1.73. The topological polar surface area (TPSA) is 96.9 Å². The maximum absolute atomic E-state index is 11.6. The Labute approximate surface area is 105 Å². The minimum absolute atomic E-state index is 0.160. The van der Waals surface area contributed by atoms with Gasteiger partial charge in [-0.3, -0.25) is 0 Å². The van der Waals surface area contributed by atoms with Crippen LogP contribution in [0.15, 0.2) is 0 Å². The van der Waals surface area contributed by atoms with Crippen molar-refractivity contribution >= 4 is 12.0 Å². The van der Waals surface area contributed by atoms with E-state index in [0.29, 0.717) is 39.2 Å². The van der Waals surface area contributed by atoms with E-state index < -0.39 is 17.5 Å². The minimum atomic E-state index is -1.08. The van der Waals surface area contributed by atoms with Crippen molar-refractivity contribution in [3.8, 4) is 0 Å². The molecule has 0 aromatic heterocycles. The molecule has 1 saturated carbocycles. The molecule has 2 rings (SSSR count). The quantitative estimate of drug-likeness (QED) is 0.643. The Morgan fingerprint density at radius 2 is 2.11 bits per heavy atom. The number of hydrogen-bond acceptors (Lipinski definition) is 4. The molecule has 1 heterocycles. The SMILES string of the molecule is O=C(NCC1COCCO1)NC1(C(=O)O)CCC1. The van der Waals surface area contributed by atoms with Crippen molar-refractivity contribution < 1.29 is 24.2 Å². The molecule has 0 aromatic rings. The van der Waals surface area contributed by atoms with Crippen molar-refractivity contribution in [2.75, 3.05) is 26.4 Å². The molecule has 2 amide bonds. The van der Waals surface area contributed by atoms with Crippen LogP contribution >= 0.6 is 0 Å². The van der Waals surface area contributed by atoms with Gasteiger partial charge in [-0.15, -0.1) is 0 Å². The summed E-state index contributed by atoms with van der Waals surface area (Å²) in [4.78, 5) is 22.7. The van der Waals surface area contributed by atoms with E-state index in [1.165, 1.54) is 0 Å². The van der Waals surface area contributed by atoms with E-state index in [4.69, 9.17) is 14.6 Å². The average Bonchev–Trinajstić information content (AvgIpc) is 2.32. The van der Waals surface area contributed by atoms with Crippen LogP contribution in [-0.4, -0.2) is 55.1 Å². The lowest BCUT2D eigenvalue weighted by Crippen LogP contribution is -2.61. The van der Waals surface area contributed by atoms with Crippen molar-refractivity contribution in [2.45, 2.75) is 30.9 Å². The number of nitrogens with one attached hydrogen (secondary N) is 2. The summed E-state index contributed by atoms with van der Waals surface area (Å²) in [6, 6.07) is -0.466. The fraction of sp³-hybridized carbons (Fsp3) is 0.818. The number of rotatable bonds is 4. The van der Waals surface area contributed by atoms with Crippen LogP contribution in [0.2, 0.25) is 0 Å². The molecule has 0 spiro atoms. The lowest BCUT2D eigenvalue weighted by atomic mass is 9.77. The number of aliphatic carboxylic acids is 1. The maximum Gasteiger partial charge on any atom is 0.329 e. The predicted molar refractivity (Wildman–Crippen MR) is 61.3 cm³/mol. The number of carbonyl (C=O) groups excluding carboxylic acids is 1. The average molecular weight is 258 g/mol. The molecule has 1 atom stereocenters. The predicted octanol–water partition coefficient (Wildman–Crippen LogP) is -0.292. The van der Waals surface area contributed by atoms with Gasteiger partial charge in [0, 0.05) is 6.54 Å². The van der Waals surface area contributed by atoms with Gasteiger partial charge in [0.15, 0.2) is 0 Å². The molecule has 18 heavy (non-hydrogen) atoms. The van der Waals surface area contributed by atoms with E-state index in [0.717, 1.165) is 6.42 Å². The van der Waals surface area contributed by atoms with E-state index in [9.17, 15) is 9.59 Å². The first-order chi connectivity index (χ1) is 8.62. The van der Waals surface area contributed by atoms with Crippen LogP contribution in [-0.2, 0) is 14.3 Å². The van der Waals surface area contributed by atoms with Crippen LogP contribution < -0.4 is 10.6 Å². The van der Waals surface area contributed by atoms with Crippen LogP contribution in [0.3, 0.4) is 0 Å². The van der Waals surface area contributed by atoms with Crippen molar-refractivity contribution in [2.24, 2.45) is 0 Å². The fourth-order valence-corrected chi connectivity index (χ4v) is 2.05. The van der Waals surface area contributed by atoms with E-state index >= 15 is 0 Å². The van der Waals surface area contributed by atoms with E-state index in [1.807, 2.05) is 0 Å². The van der Waals surface area contributed by atoms with Gasteiger partial charge in [0.25, 0.3) is 0 Å². The molecule has 1 aliphatic carbocycles. The molecular weight excluding hydrogens is 240 g/mol. The molecule has 1 saturated heterocycles. The number of urea groups is 1. The smallest absolute Gasteiger partial charge is 0.329 e. The molecule has 0 radical (unpaired) electrons. The number of ether oxygens (including phenoxy) is 2. The molecule has 7 nitrogen and oxygen atoms in total. The third kappa shape index (κ3) is 2.91. The number of amides is 2. The minimum Gasteiger partial charge on any atom is -0.480 e. The van der Waals surface area contributed by atoms with Crippen molar-refractivity contribution in [3.05, 3.63) is 0 Å². The highest BCUT2D eigenvalue weighted by Crippen LogP contribution is 2.31. The summed E-state index contributed by atoms with van der Waals surface area (Å²) in [5, 5.41) is 14.2. The maximum atomic E-state index is 11.6. The molecular formula is C11H18N2O5. The van der Waals surface area contributed by atoms with Gasteiger partial charge in [0.2, 0.25) is 0 Å². The van der Waals surface area contributed by atoms with Crippen molar-refractivity contribution in [3.63, 3.8) is 0 Å². The zero-order valence-electron chi connectivity index (χ0n) is 10.1. The molecule has 3 N–H and O–H groups in total. The highest BCUT2D eigenvalue weighted by molar-refractivity contribution is 5.87. The summed E-state index contributed by atoms with van der Waals surface area (Å²) in [7, 11) is 0. The summed E-state index contributed by atoms with van der Waals surface area (Å²) in [5.41, 5.74) is -1.08. The summed E-state index contributed by atoms with van der Waals surface area (Å²) >= 11 is 0. The van der Waals surface area contributed by atoms with Gasteiger partial charge in [0.05, 0.1) is 25.9 Å². The van der Waals surface area contributed by atoms with Gasteiger partial charge in [0.1, 0.15) is 5.54 Å². The van der Waals surface area contributed by atoms with Crippen LogP contribution in [0, 0.1) is 0 Å². The van der Waals surface area contributed by atoms with Gasteiger partial charge in [-0.05, 0) is 19.3 Å². The zero-order chi connectivity index (χ0) is 13.0. The number of carboxylic acids is 1. The second-order valence-electron chi connectivity index (χ2n) is 4.64. The summed E-state index contributed by atoms with van der Waals surface area (Å²) < 4.78 is 10.6. The fourth-order valence-electron chi connectivity index (χ4n) is 2.05. The van der Waals surface area contributed by atoms with E-state index in [2.05, 4.69) is 10.6 Å². The molecule has 7 heteroatoms. The largest absolute Gasteiger partial charge is 0.480 e. The number of carboxylic acid groups (broad SMARTS) is 1. The Kier molecular flexibility index (Phi) is 4.03. The molecule has 0 bridgehead atoms. The standard InChI is InChI=1S/C11H18N2O5/c14-9(15)11(2-1-3-11)13-10(16)12-6-8-7-17-4-5-18-8/h8H,1-7H2,(H,14,15)(H2,12,13,16). The number of hydrogen-bond donors (Lipinski definition) is 3. The third-order valence-corrected chi connectivity index (χ3v) is 3.34. The van der Waals surface area contributed by atoms with Crippen molar-refractivity contribution in [1.82, 2.24) is 10.6 Å². The van der Waals surface area contributed by atoms with Gasteiger partial charge >= 0.3 is 12.0 Å². The second-order valence-corrected chi connectivity index (χ2v) is 4.64. The lowest BCUT2D eigenvalue weighted by molar-refractivity contribution is -0.148. The van der Waals surface area contributed by atoms with Crippen LogP contribution in [0.5, 0.6) is 0 Å². The summed E-state index contributed by atoms with van der Waals surface area (Å²) in [5.74, 6) is -0.971. The normalized spacial score (nSPS) is 25.9. The first kappa shape index (κ1) is 13.1. The van der Waals surface area contributed by atoms with Crippen LogP contribution in [0.25, 0.3) is 0 Å². The molecule has 102 valence electrons. The summed E-state index contributed by atoms with van der Waals surface area (Å²) in [6.07, 6.45) is 1.63. The second kappa shape index (κ2) is 5.53. The first-order valence-corrected chi connectivity index (χ1v) is 6.11. The Bertz CT molecular complexity index is 323. The van der Waals surface area contributed by atoms with E-state index in [-0.39, 0.29) is 6.10 Å². The van der Waals surface area contributed by atoms with Gasteiger partial charge in [-0.2, -0.15) is 0 Å². The lowest BCUT2D eigenvalue weighted by Gasteiger charge is -2.38. The Morgan fingerprint density at radius 3 is 2.61 bits per heavy atom. The van der Waals surface area contributed by atoms with E-state index in [1.54, 1.807) is 0 Å². The Hall–Kier alpha value is -1.34. The zero-order valence-corrected chi connectivity index (χ0v) is 10.1. The first-order valence-electron chi connectivity index (χ1n) is 6.11. The van der Waals surface area contributed by atoms with Gasteiger partial charge in [-0.1, -0.05) is 0 Å². The molecule has 2 fully saturated rings. The van der Waals surface area contributed by atoms with Crippen LogP contribution in [0.1, 0.15) is 19.3 Å². The highest BCUT2D eigenvalue weighted by atomic mass is 16.6. The Morgan fingerprint density at radius 1 is 1.33 bits per heavy atom. The van der Waals surface area contributed by atoms with Crippen LogP contribution in [0.4, 0.5) is 4.79 Å². The third-order valence-electron chi connectivity index (χ3n) is 3.34.